The van der Waals surface area contributed by atoms with Crippen LogP contribution in [0, 0.1) is 5.41 Å². The third kappa shape index (κ3) is 2.68. The Morgan fingerprint density at radius 2 is 1.53 bits per heavy atom. The first-order valence-corrected chi connectivity index (χ1v) is 7.64. The average Bonchev–Trinajstić information content (AvgIpc) is 2.49. The van der Waals surface area contributed by atoms with Crippen LogP contribution in [0.4, 0.5) is 0 Å². The molecule has 0 unspecified atom stereocenters. The molecule has 1 aromatic rings. The van der Waals surface area contributed by atoms with Gasteiger partial charge in [0.2, 0.25) is 0 Å². The number of piperidine rings is 1. The molecule has 1 aliphatic carbocycles. The Bertz CT molecular complexity index is 424. The van der Waals surface area contributed by atoms with Crippen molar-refractivity contribution in [3.63, 3.8) is 0 Å². The lowest BCUT2D eigenvalue weighted by Gasteiger charge is -2.44. The Hall–Kier alpha value is -1.31. The second-order valence-corrected chi connectivity index (χ2v) is 6.22. The van der Waals surface area contributed by atoms with Crippen LogP contribution >= 0.6 is 0 Å². The van der Waals surface area contributed by atoms with Gasteiger partial charge in [0.1, 0.15) is 0 Å². The lowest BCUT2D eigenvalue weighted by molar-refractivity contribution is 0.0472. The van der Waals surface area contributed by atoms with Gasteiger partial charge in [-0.2, -0.15) is 0 Å². The molecule has 19 heavy (non-hydrogen) atoms. The van der Waals surface area contributed by atoms with Crippen LogP contribution in [0.15, 0.2) is 30.3 Å². The molecular weight excluding hydrogens is 234 g/mol. The van der Waals surface area contributed by atoms with Crippen LogP contribution < -0.4 is 0 Å². The highest BCUT2D eigenvalue weighted by molar-refractivity contribution is 5.94. The van der Waals surface area contributed by atoms with Gasteiger partial charge in [-0.05, 0) is 43.2 Å². The van der Waals surface area contributed by atoms with Gasteiger partial charge in [0.25, 0.3) is 5.91 Å². The molecule has 0 bridgehead atoms. The zero-order chi connectivity index (χ0) is 13.1. The molecule has 1 spiro atoms. The lowest BCUT2D eigenvalue weighted by Crippen LogP contribution is -2.43. The average molecular weight is 257 g/mol. The number of carbonyl (C=O) groups is 1. The number of nitrogens with zero attached hydrogens (tertiary/aromatic N) is 1. The molecule has 2 heteroatoms. The number of benzene rings is 1. The van der Waals surface area contributed by atoms with Gasteiger partial charge in [0.15, 0.2) is 0 Å². The van der Waals surface area contributed by atoms with Crippen LogP contribution in [0.3, 0.4) is 0 Å². The summed E-state index contributed by atoms with van der Waals surface area (Å²) in [7, 11) is 0. The van der Waals surface area contributed by atoms with E-state index in [-0.39, 0.29) is 5.91 Å². The first-order valence-electron chi connectivity index (χ1n) is 7.64. The Morgan fingerprint density at radius 1 is 0.895 bits per heavy atom. The summed E-state index contributed by atoms with van der Waals surface area (Å²) in [6.07, 6.45) is 9.41. The van der Waals surface area contributed by atoms with Gasteiger partial charge in [0.05, 0.1) is 0 Å². The molecule has 0 radical (unpaired) electrons. The molecule has 1 heterocycles. The Balaban J connectivity index is 1.62. The molecule has 0 N–H and O–H groups in total. The molecule has 1 aromatic carbocycles. The highest BCUT2D eigenvalue weighted by Crippen LogP contribution is 2.44. The minimum absolute atomic E-state index is 0.214. The summed E-state index contributed by atoms with van der Waals surface area (Å²) in [5.41, 5.74) is 1.41. The van der Waals surface area contributed by atoms with Crippen molar-refractivity contribution < 1.29 is 4.79 Å². The monoisotopic (exact) mass is 257 g/mol. The van der Waals surface area contributed by atoms with Crippen molar-refractivity contribution in [2.75, 3.05) is 13.1 Å². The van der Waals surface area contributed by atoms with Gasteiger partial charge in [-0.3, -0.25) is 4.79 Å². The molecule has 1 saturated carbocycles. The van der Waals surface area contributed by atoms with Crippen molar-refractivity contribution >= 4 is 5.91 Å². The van der Waals surface area contributed by atoms with E-state index in [1.165, 1.54) is 44.9 Å². The van der Waals surface area contributed by atoms with Gasteiger partial charge >= 0.3 is 0 Å². The number of likely N-dealkylation sites (tertiary alicyclic amines) is 1. The molecule has 1 saturated heterocycles. The molecule has 2 nitrogen and oxygen atoms in total. The third-order valence-electron chi connectivity index (χ3n) is 5.05. The summed E-state index contributed by atoms with van der Waals surface area (Å²) in [5.74, 6) is 0.214. The van der Waals surface area contributed by atoms with E-state index in [2.05, 4.69) is 4.90 Å². The molecule has 1 aliphatic heterocycles. The van der Waals surface area contributed by atoms with Crippen LogP contribution in [0.5, 0.6) is 0 Å². The van der Waals surface area contributed by atoms with Gasteiger partial charge in [-0.25, -0.2) is 0 Å². The van der Waals surface area contributed by atoms with Crippen molar-refractivity contribution in [2.45, 2.75) is 44.9 Å². The standard InChI is InChI=1S/C17H23NO/c19-16(15-7-3-1-4-8-15)18-13-11-17(12-14-18)9-5-2-6-10-17/h1,3-4,7-8H,2,5-6,9-14H2. The highest BCUT2D eigenvalue weighted by Gasteiger charge is 2.36. The van der Waals surface area contributed by atoms with Crippen LogP contribution in [-0.2, 0) is 0 Å². The Kier molecular flexibility index (Phi) is 3.58. The zero-order valence-corrected chi connectivity index (χ0v) is 11.6. The van der Waals surface area contributed by atoms with Crippen LogP contribution in [0.1, 0.15) is 55.3 Å². The Morgan fingerprint density at radius 3 is 2.16 bits per heavy atom. The molecule has 0 atom stereocenters. The summed E-state index contributed by atoms with van der Waals surface area (Å²) in [6.45, 7) is 1.90. The van der Waals surface area contributed by atoms with Crippen molar-refractivity contribution in [2.24, 2.45) is 5.41 Å². The van der Waals surface area contributed by atoms with E-state index in [9.17, 15) is 4.79 Å². The topological polar surface area (TPSA) is 20.3 Å². The minimum Gasteiger partial charge on any atom is -0.339 e. The quantitative estimate of drug-likeness (QED) is 0.748. The molecule has 2 fully saturated rings. The number of carbonyl (C=O) groups excluding carboxylic acids is 1. The normalized spacial score (nSPS) is 22.4. The summed E-state index contributed by atoms with van der Waals surface area (Å²) >= 11 is 0. The van der Waals surface area contributed by atoms with E-state index in [0.29, 0.717) is 5.41 Å². The van der Waals surface area contributed by atoms with E-state index >= 15 is 0 Å². The molecule has 2 aliphatic rings. The minimum atomic E-state index is 0.214. The largest absolute Gasteiger partial charge is 0.339 e. The van der Waals surface area contributed by atoms with Gasteiger partial charge in [-0.15, -0.1) is 0 Å². The van der Waals surface area contributed by atoms with Gasteiger partial charge in [-0.1, -0.05) is 37.5 Å². The zero-order valence-electron chi connectivity index (χ0n) is 11.6. The predicted octanol–water partition coefficient (Wildman–Crippen LogP) is 3.87. The summed E-state index contributed by atoms with van der Waals surface area (Å²) in [5, 5.41) is 0. The number of rotatable bonds is 1. The maximum absolute atomic E-state index is 12.4. The first kappa shape index (κ1) is 12.7. The van der Waals surface area contributed by atoms with Crippen LogP contribution in [-0.4, -0.2) is 23.9 Å². The van der Waals surface area contributed by atoms with Crippen molar-refractivity contribution in [3.05, 3.63) is 35.9 Å². The fourth-order valence-corrected chi connectivity index (χ4v) is 3.75. The van der Waals surface area contributed by atoms with Crippen molar-refractivity contribution in [3.8, 4) is 0 Å². The SMILES string of the molecule is O=C(c1ccccc1)N1CCC2(CCCCC2)CC1. The highest BCUT2D eigenvalue weighted by atomic mass is 16.2. The molecule has 0 aromatic heterocycles. The maximum Gasteiger partial charge on any atom is 0.253 e. The van der Waals surface area contributed by atoms with Crippen molar-refractivity contribution in [1.82, 2.24) is 4.90 Å². The number of hydrogen-bond acceptors (Lipinski definition) is 1. The molecular formula is C17H23NO. The van der Waals surface area contributed by atoms with Crippen LogP contribution in [0.2, 0.25) is 0 Å². The van der Waals surface area contributed by atoms with E-state index in [4.69, 9.17) is 0 Å². The predicted molar refractivity (Wildman–Crippen MR) is 77.1 cm³/mol. The van der Waals surface area contributed by atoms with E-state index < -0.39 is 0 Å². The van der Waals surface area contributed by atoms with E-state index in [1.807, 2.05) is 30.3 Å². The molecule has 3 rings (SSSR count). The second kappa shape index (κ2) is 5.36. The lowest BCUT2D eigenvalue weighted by atomic mass is 9.68. The first-order chi connectivity index (χ1) is 9.29. The number of hydrogen-bond donors (Lipinski definition) is 0. The summed E-state index contributed by atoms with van der Waals surface area (Å²) in [4.78, 5) is 14.4. The summed E-state index contributed by atoms with van der Waals surface area (Å²) in [6, 6.07) is 9.70. The number of amides is 1. The van der Waals surface area contributed by atoms with Gasteiger partial charge < -0.3 is 4.90 Å². The van der Waals surface area contributed by atoms with Gasteiger partial charge in [0, 0.05) is 18.7 Å². The Labute approximate surface area is 115 Å². The maximum atomic E-state index is 12.4. The summed E-state index contributed by atoms with van der Waals surface area (Å²) < 4.78 is 0. The smallest absolute Gasteiger partial charge is 0.253 e. The third-order valence-corrected chi connectivity index (χ3v) is 5.05. The van der Waals surface area contributed by atoms with Crippen molar-refractivity contribution in [1.29, 1.82) is 0 Å². The molecule has 102 valence electrons. The van der Waals surface area contributed by atoms with E-state index in [1.54, 1.807) is 0 Å². The van der Waals surface area contributed by atoms with E-state index in [0.717, 1.165) is 18.7 Å². The fraction of sp³-hybridized carbons (Fsp3) is 0.588. The second-order valence-electron chi connectivity index (χ2n) is 6.22. The fourth-order valence-electron chi connectivity index (χ4n) is 3.75. The molecule has 1 amide bonds. The van der Waals surface area contributed by atoms with Crippen LogP contribution in [0.25, 0.3) is 0 Å².